The Labute approximate surface area is 71.2 Å². The van der Waals surface area contributed by atoms with Gasteiger partial charge in [-0.15, -0.1) is 0 Å². The third-order valence-electron chi connectivity index (χ3n) is 0.861. The first-order valence-corrected chi connectivity index (χ1v) is 3.53. The van der Waals surface area contributed by atoms with E-state index in [1.54, 1.807) is 20.8 Å². The standard InChI is InChI=1S/C7H14N2O3/c1-7(2,3)12-6(9-11)4-5(8)10/h11H,4H2,1-3H3,(H2,8,10). The Bertz CT molecular complexity index is 193. The Morgan fingerprint density at radius 2 is 2.08 bits per heavy atom. The van der Waals surface area contributed by atoms with Crippen molar-refractivity contribution in [3.63, 3.8) is 0 Å². The number of hydrogen-bond acceptors (Lipinski definition) is 4. The smallest absolute Gasteiger partial charge is 0.235 e. The molecule has 5 nitrogen and oxygen atoms in total. The SMILES string of the molecule is CC(C)(C)OC(CC(N)=O)=NO. The number of primary amides is 1. The van der Waals surface area contributed by atoms with E-state index in [1.807, 2.05) is 0 Å². The molecular weight excluding hydrogens is 160 g/mol. The minimum atomic E-state index is -0.591. The number of rotatable bonds is 2. The molecule has 0 radical (unpaired) electrons. The fourth-order valence-corrected chi connectivity index (χ4v) is 0.594. The predicted octanol–water partition coefficient (Wildman–Crippen LogP) is 0.465. The van der Waals surface area contributed by atoms with Crippen LogP contribution in [-0.4, -0.2) is 22.6 Å². The molecule has 0 saturated heterocycles. The number of hydrogen-bond donors (Lipinski definition) is 2. The second-order valence-electron chi connectivity index (χ2n) is 3.35. The van der Waals surface area contributed by atoms with Gasteiger partial charge >= 0.3 is 0 Å². The van der Waals surface area contributed by atoms with Gasteiger partial charge in [-0.1, -0.05) is 5.16 Å². The highest BCUT2D eigenvalue weighted by Crippen LogP contribution is 2.08. The lowest BCUT2D eigenvalue weighted by Crippen LogP contribution is -2.27. The summed E-state index contributed by atoms with van der Waals surface area (Å²) in [6.45, 7) is 5.33. The average Bonchev–Trinajstić information content (AvgIpc) is 1.82. The van der Waals surface area contributed by atoms with Crippen molar-refractivity contribution in [2.45, 2.75) is 32.8 Å². The summed E-state index contributed by atoms with van der Waals surface area (Å²) in [5.74, 6) is -0.651. The molecule has 1 amide bonds. The summed E-state index contributed by atoms with van der Waals surface area (Å²) < 4.78 is 5.10. The van der Waals surface area contributed by atoms with Crippen LogP contribution in [-0.2, 0) is 9.53 Å². The highest BCUT2D eigenvalue weighted by molar-refractivity contribution is 5.95. The van der Waals surface area contributed by atoms with Gasteiger partial charge in [0, 0.05) is 0 Å². The Morgan fingerprint density at radius 1 is 1.58 bits per heavy atom. The van der Waals surface area contributed by atoms with Gasteiger partial charge < -0.3 is 15.7 Å². The zero-order valence-electron chi connectivity index (χ0n) is 7.50. The van der Waals surface area contributed by atoms with E-state index >= 15 is 0 Å². The maximum Gasteiger partial charge on any atom is 0.235 e. The molecule has 3 N–H and O–H groups in total. The molecule has 0 rings (SSSR count). The Kier molecular flexibility index (Phi) is 3.53. The predicted molar refractivity (Wildman–Crippen MR) is 43.9 cm³/mol. The van der Waals surface area contributed by atoms with Crippen LogP contribution < -0.4 is 5.73 Å². The van der Waals surface area contributed by atoms with Crippen molar-refractivity contribution in [3.8, 4) is 0 Å². The molecule has 0 aliphatic carbocycles. The summed E-state index contributed by atoms with van der Waals surface area (Å²) in [5.41, 5.74) is 4.39. The topological polar surface area (TPSA) is 84.9 Å². The van der Waals surface area contributed by atoms with Crippen LogP contribution in [0.15, 0.2) is 5.16 Å². The zero-order valence-corrected chi connectivity index (χ0v) is 7.50. The van der Waals surface area contributed by atoms with Crippen LogP contribution in [0.4, 0.5) is 0 Å². The highest BCUT2D eigenvalue weighted by atomic mass is 16.5. The molecule has 0 aromatic carbocycles. The summed E-state index contributed by atoms with van der Waals surface area (Å²) >= 11 is 0. The molecule has 0 aliphatic rings. The van der Waals surface area contributed by atoms with Crippen molar-refractivity contribution in [3.05, 3.63) is 0 Å². The fourth-order valence-electron chi connectivity index (χ4n) is 0.594. The van der Waals surface area contributed by atoms with Gasteiger partial charge in [0.1, 0.15) is 12.0 Å². The summed E-state index contributed by atoms with van der Waals surface area (Å²) in [6.07, 6.45) is -0.187. The molecular formula is C7H14N2O3. The third-order valence-corrected chi connectivity index (χ3v) is 0.861. The van der Waals surface area contributed by atoms with Gasteiger partial charge in [0.2, 0.25) is 11.8 Å². The van der Waals surface area contributed by atoms with Crippen molar-refractivity contribution in [2.24, 2.45) is 10.9 Å². The molecule has 0 spiro atoms. The Balaban J connectivity index is 4.12. The number of nitrogens with zero attached hydrogens (tertiary/aromatic N) is 1. The van der Waals surface area contributed by atoms with Crippen LogP contribution in [0.1, 0.15) is 27.2 Å². The van der Waals surface area contributed by atoms with Gasteiger partial charge in [0.15, 0.2) is 0 Å². The largest absolute Gasteiger partial charge is 0.473 e. The van der Waals surface area contributed by atoms with E-state index < -0.39 is 11.5 Å². The van der Waals surface area contributed by atoms with E-state index in [-0.39, 0.29) is 12.3 Å². The Morgan fingerprint density at radius 3 is 2.33 bits per heavy atom. The number of nitrogens with two attached hydrogens (primary N) is 1. The molecule has 70 valence electrons. The maximum absolute atomic E-state index is 10.4. The van der Waals surface area contributed by atoms with Gasteiger partial charge in [-0.25, -0.2) is 0 Å². The van der Waals surface area contributed by atoms with Crippen LogP contribution >= 0.6 is 0 Å². The summed E-state index contributed by atoms with van der Waals surface area (Å²) in [6, 6.07) is 0. The summed E-state index contributed by atoms with van der Waals surface area (Å²) in [5, 5.41) is 11.2. The van der Waals surface area contributed by atoms with Crippen molar-refractivity contribution in [2.75, 3.05) is 0 Å². The number of carbonyl (C=O) groups is 1. The number of amides is 1. The van der Waals surface area contributed by atoms with Crippen molar-refractivity contribution in [1.29, 1.82) is 0 Å². The fraction of sp³-hybridized carbons (Fsp3) is 0.714. The van der Waals surface area contributed by atoms with Crippen LogP contribution in [0.2, 0.25) is 0 Å². The van der Waals surface area contributed by atoms with E-state index in [4.69, 9.17) is 15.7 Å². The minimum Gasteiger partial charge on any atom is -0.473 e. The Hall–Kier alpha value is -1.26. The van der Waals surface area contributed by atoms with Crippen molar-refractivity contribution < 1.29 is 14.7 Å². The van der Waals surface area contributed by atoms with E-state index in [1.165, 1.54) is 0 Å². The molecule has 0 aromatic rings. The van der Waals surface area contributed by atoms with E-state index in [0.29, 0.717) is 0 Å². The quantitative estimate of drug-likeness (QED) is 0.276. The third kappa shape index (κ3) is 5.52. The molecule has 0 unspecified atom stereocenters. The van der Waals surface area contributed by atoms with Crippen LogP contribution in [0, 0.1) is 0 Å². The van der Waals surface area contributed by atoms with Crippen molar-refractivity contribution in [1.82, 2.24) is 0 Å². The van der Waals surface area contributed by atoms with Crippen LogP contribution in [0.3, 0.4) is 0 Å². The van der Waals surface area contributed by atoms with Gasteiger partial charge in [0.05, 0.1) is 0 Å². The molecule has 12 heavy (non-hydrogen) atoms. The molecule has 0 aromatic heterocycles. The van der Waals surface area contributed by atoms with Gasteiger partial charge in [-0.2, -0.15) is 0 Å². The second kappa shape index (κ2) is 3.94. The lowest BCUT2D eigenvalue weighted by Gasteiger charge is -2.20. The van der Waals surface area contributed by atoms with Gasteiger partial charge in [0.25, 0.3) is 0 Å². The van der Waals surface area contributed by atoms with E-state index in [2.05, 4.69) is 5.16 Å². The number of oxime groups is 1. The average molecular weight is 174 g/mol. The first kappa shape index (κ1) is 10.7. The summed E-state index contributed by atoms with van der Waals surface area (Å²) in [4.78, 5) is 10.4. The molecule has 0 aliphatic heterocycles. The van der Waals surface area contributed by atoms with Gasteiger partial charge in [-0.05, 0) is 20.8 Å². The molecule has 5 heteroatoms. The van der Waals surface area contributed by atoms with E-state index in [0.717, 1.165) is 0 Å². The monoisotopic (exact) mass is 174 g/mol. The van der Waals surface area contributed by atoms with Crippen LogP contribution in [0.5, 0.6) is 0 Å². The van der Waals surface area contributed by atoms with E-state index in [9.17, 15) is 4.79 Å². The molecule has 0 heterocycles. The summed E-state index contributed by atoms with van der Waals surface area (Å²) in [7, 11) is 0. The minimum absolute atomic E-state index is 0.0602. The van der Waals surface area contributed by atoms with Crippen molar-refractivity contribution >= 4 is 11.8 Å². The normalized spacial score (nSPS) is 12.8. The van der Waals surface area contributed by atoms with Crippen LogP contribution in [0.25, 0.3) is 0 Å². The lowest BCUT2D eigenvalue weighted by molar-refractivity contribution is -0.117. The lowest BCUT2D eigenvalue weighted by atomic mass is 10.2. The molecule has 0 atom stereocenters. The second-order valence-corrected chi connectivity index (χ2v) is 3.35. The molecule has 0 bridgehead atoms. The number of ether oxygens (including phenoxy) is 1. The maximum atomic E-state index is 10.4. The first-order valence-electron chi connectivity index (χ1n) is 3.53. The first-order chi connectivity index (χ1) is 5.35. The number of carbonyl (C=O) groups excluding carboxylic acids is 1. The molecule has 0 fully saturated rings. The van der Waals surface area contributed by atoms with Gasteiger partial charge in [-0.3, -0.25) is 4.79 Å². The molecule has 0 saturated carbocycles. The zero-order chi connectivity index (χ0) is 9.78. The highest BCUT2D eigenvalue weighted by Gasteiger charge is 2.16.